The Bertz CT molecular complexity index is 277. The summed E-state index contributed by atoms with van der Waals surface area (Å²) < 4.78 is 5.94. The van der Waals surface area contributed by atoms with Gasteiger partial charge in [0.15, 0.2) is 0 Å². The summed E-state index contributed by atoms with van der Waals surface area (Å²) in [5, 5.41) is 8.99. The molecular weight excluding hydrogens is 224 g/mol. The summed E-state index contributed by atoms with van der Waals surface area (Å²) in [5.41, 5.74) is 5.29. The number of nitrogens with zero attached hydrogens (tertiary/aromatic N) is 1. The molecular formula is C15H28N2O. The van der Waals surface area contributed by atoms with Gasteiger partial charge in [0.05, 0.1) is 12.2 Å². The van der Waals surface area contributed by atoms with E-state index in [0.717, 1.165) is 31.3 Å². The molecule has 0 bridgehead atoms. The van der Waals surface area contributed by atoms with E-state index < -0.39 is 5.54 Å². The van der Waals surface area contributed by atoms with Gasteiger partial charge in [-0.2, -0.15) is 5.26 Å². The molecule has 0 aromatic heterocycles. The Labute approximate surface area is 112 Å². The van der Waals surface area contributed by atoms with Gasteiger partial charge in [-0.05, 0) is 50.4 Å². The Hall–Kier alpha value is -0.590. The van der Waals surface area contributed by atoms with Gasteiger partial charge < -0.3 is 10.5 Å². The number of ether oxygens (including phenoxy) is 1. The zero-order valence-corrected chi connectivity index (χ0v) is 12.1. The van der Waals surface area contributed by atoms with Crippen molar-refractivity contribution in [3.63, 3.8) is 0 Å². The van der Waals surface area contributed by atoms with Gasteiger partial charge in [0.1, 0.15) is 5.54 Å². The maximum atomic E-state index is 8.99. The summed E-state index contributed by atoms with van der Waals surface area (Å²) in [6.45, 7) is 7.33. The van der Waals surface area contributed by atoms with Crippen molar-refractivity contribution in [3.8, 4) is 6.07 Å². The molecule has 1 aliphatic carbocycles. The van der Waals surface area contributed by atoms with E-state index in [0.29, 0.717) is 12.5 Å². The quantitative estimate of drug-likeness (QED) is 0.738. The molecule has 1 aliphatic rings. The molecule has 0 spiro atoms. The summed E-state index contributed by atoms with van der Waals surface area (Å²) in [6, 6.07) is 2.20. The van der Waals surface area contributed by atoms with E-state index in [1.807, 2.05) is 6.92 Å². The van der Waals surface area contributed by atoms with Crippen LogP contribution in [-0.4, -0.2) is 18.2 Å². The number of nitrogens with two attached hydrogens (primary N) is 1. The highest BCUT2D eigenvalue weighted by Gasteiger charge is 2.25. The molecule has 0 amide bonds. The Morgan fingerprint density at radius 3 is 2.39 bits per heavy atom. The molecule has 0 aromatic carbocycles. The minimum atomic E-state index is -0.656. The molecule has 0 radical (unpaired) electrons. The minimum absolute atomic E-state index is 0.416. The second-order valence-corrected chi connectivity index (χ2v) is 6.14. The van der Waals surface area contributed by atoms with Crippen molar-refractivity contribution in [1.82, 2.24) is 0 Å². The highest BCUT2D eigenvalue weighted by molar-refractivity contribution is 5.03. The fourth-order valence-corrected chi connectivity index (χ4v) is 2.96. The number of hydrogen-bond donors (Lipinski definition) is 1. The van der Waals surface area contributed by atoms with Gasteiger partial charge >= 0.3 is 0 Å². The van der Waals surface area contributed by atoms with E-state index in [9.17, 15) is 0 Å². The molecule has 0 saturated heterocycles. The average Bonchev–Trinajstić information content (AvgIpc) is 2.33. The van der Waals surface area contributed by atoms with Crippen LogP contribution in [0.2, 0.25) is 0 Å². The Balaban J connectivity index is 2.20. The van der Waals surface area contributed by atoms with Crippen molar-refractivity contribution in [2.45, 2.75) is 70.9 Å². The molecule has 1 saturated carbocycles. The third-order valence-corrected chi connectivity index (χ3v) is 4.11. The van der Waals surface area contributed by atoms with Crippen molar-refractivity contribution < 1.29 is 4.74 Å². The van der Waals surface area contributed by atoms with Crippen molar-refractivity contribution in [2.75, 3.05) is 6.61 Å². The molecule has 104 valence electrons. The Kier molecular flexibility index (Phi) is 6.11. The van der Waals surface area contributed by atoms with E-state index in [1.165, 1.54) is 19.3 Å². The van der Waals surface area contributed by atoms with Gasteiger partial charge in [-0.25, -0.2) is 0 Å². The first-order valence-electron chi connectivity index (χ1n) is 7.31. The van der Waals surface area contributed by atoms with Crippen molar-refractivity contribution in [1.29, 1.82) is 5.26 Å². The van der Waals surface area contributed by atoms with Crippen LogP contribution in [-0.2, 0) is 4.74 Å². The van der Waals surface area contributed by atoms with Crippen LogP contribution in [0.15, 0.2) is 0 Å². The standard InChI is InChI=1S/C15H28N2O/c1-4-15(17,11-16)6-5-7-18-14-9-12(2)8-13(3)10-14/h12-14H,4-10,17H2,1-3H3. The molecule has 3 nitrogen and oxygen atoms in total. The van der Waals surface area contributed by atoms with E-state index >= 15 is 0 Å². The third-order valence-electron chi connectivity index (χ3n) is 4.11. The van der Waals surface area contributed by atoms with Gasteiger partial charge in [0, 0.05) is 6.61 Å². The fraction of sp³-hybridized carbons (Fsp3) is 0.933. The molecule has 0 aromatic rings. The summed E-state index contributed by atoms with van der Waals surface area (Å²) in [4.78, 5) is 0. The fourth-order valence-electron chi connectivity index (χ4n) is 2.96. The lowest BCUT2D eigenvalue weighted by Crippen LogP contribution is -2.37. The summed E-state index contributed by atoms with van der Waals surface area (Å²) in [5.74, 6) is 1.56. The first-order valence-corrected chi connectivity index (χ1v) is 7.31. The predicted molar refractivity (Wildman–Crippen MR) is 74.0 cm³/mol. The zero-order chi connectivity index (χ0) is 13.6. The molecule has 1 fully saturated rings. The molecule has 0 heterocycles. The van der Waals surface area contributed by atoms with Crippen LogP contribution in [0.25, 0.3) is 0 Å². The molecule has 1 rings (SSSR count). The number of nitriles is 1. The lowest BCUT2D eigenvalue weighted by molar-refractivity contribution is -0.00153. The second kappa shape index (κ2) is 7.11. The topological polar surface area (TPSA) is 59.0 Å². The highest BCUT2D eigenvalue weighted by Crippen LogP contribution is 2.30. The number of rotatable bonds is 6. The molecule has 0 aliphatic heterocycles. The van der Waals surface area contributed by atoms with Crippen LogP contribution in [0, 0.1) is 23.2 Å². The first kappa shape index (κ1) is 15.5. The zero-order valence-electron chi connectivity index (χ0n) is 12.1. The van der Waals surface area contributed by atoms with Crippen molar-refractivity contribution >= 4 is 0 Å². The maximum absolute atomic E-state index is 8.99. The van der Waals surface area contributed by atoms with Gasteiger partial charge in [0.2, 0.25) is 0 Å². The smallest absolute Gasteiger partial charge is 0.104 e. The van der Waals surface area contributed by atoms with Gasteiger partial charge in [-0.15, -0.1) is 0 Å². The Morgan fingerprint density at radius 2 is 1.89 bits per heavy atom. The van der Waals surface area contributed by atoms with E-state index in [2.05, 4.69) is 19.9 Å². The molecule has 2 N–H and O–H groups in total. The SMILES string of the molecule is CCC(N)(C#N)CCCOC1CC(C)CC(C)C1. The van der Waals surface area contributed by atoms with Crippen LogP contribution in [0.1, 0.15) is 59.3 Å². The first-order chi connectivity index (χ1) is 8.49. The predicted octanol–water partition coefficient (Wildman–Crippen LogP) is 3.24. The van der Waals surface area contributed by atoms with Crippen LogP contribution in [0.5, 0.6) is 0 Å². The van der Waals surface area contributed by atoms with Crippen molar-refractivity contribution in [2.24, 2.45) is 17.6 Å². The maximum Gasteiger partial charge on any atom is 0.104 e. The summed E-state index contributed by atoms with van der Waals surface area (Å²) in [6.07, 6.45) is 6.44. The monoisotopic (exact) mass is 252 g/mol. The summed E-state index contributed by atoms with van der Waals surface area (Å²) in [7, 11) is 0. The molecule has 3 atom stereocenters. The van der Waals surface area contributed by atoms with Gasteiger partial charge in [-0.1, -0.05) is 20.8 Å². The lowest BCUT2D eigenvalue weighted by Gasteiger charge is -2.31. The largest absolute Gasteiger partial charge is 0.378 e. The molecule has 3 unspecified atom stereocenters. The van der Waals surface area contributed by atoms with Crippen molar-refractivity contribution in [3.05, 3.63) is 0 Å². The minimum Gasteiger partial charge on any atom is -0.378 e. The van der Waals surface area contributed by atoms with Gasteiger partial charge in [-0.3, -0.25) is 0 Å². The van der Waals surface area contributed by atoms with Crippen LogP contribution in [0.4, 0.5) is 0 Å². The van der Waals surface area contributed by atoms with E-state index in [-0.39, 0.29) is 0 Å². The third kappa shape index (κ3) is 4.96. The van der Waals surface area contributed by atoms with Crippen LogP contribution in [0.3, 0.4) is 0 Å². The second-order valence-electron chi connectivity index (χ2n) is 6.14. The van der Waals surface area contributed by atoms with E-state index in [1.54, 1.807) is 0 Å². The van der Waals surface area contributed by atoms with Crippen LogP contribution >= 0.6 is 0 Å². The average molecular weight is 252 g/mol. The normalized spacial score (nSPS) is 31.6. The lowest BCUT2D eigenvalue weighted by atomic mass is 9.82. The Morgan fingerprint density at radius 1 is 1.28 bits per heavy atom. The summed E-state index contributed by atoms with van der Waals surface area (Å²) >= 11 is 0. The van der Waals surface area contributed by atoms with Gasteiger partial charge in [0.25, 0.3) is 0 Å². The molecule has 3 heteroatoms. The van der Waals surface area contributed by atoms with E-state index in [4.69, 9.17) is 15.7 Å². The number of hydrogen-bond acceptors (Lipinski definition) is 3. The highest BCUT2D eigenvalue weighted by atomic mass is 16.5. The molecule has 18 heavy (non-hydrogen) atoms. The van der Waals surface area contributed by atoms with Crippen LogP contribution < -0.4 is 5.73 Å².